The fourth-order valence-corrected chi connectivity index (χ4v) is 3.90. The first-order valence-corrected chi connectivity index (χ1v) is 10.3. The molecule has 0 atom stereocenters. The maximum atomic E-state index is 13.2. The number of carbonyl (C=O) groups excluding carboxylic acids is 1. The number of fused-ring (bicyclic) bond motifs is 1. The quantitative estimate of drug-likeness (QED) is 0.540. The van der Waals surface area contributed by atoms with E-state index < -0.39 is 0 Å². The predicted octanol–water partition coefficient (Wildman–Crippen LogP) is 4.25. The van der Waals surface area contributed by atoms with Crippen molar-refractivity contribution in [3.63, 3.8) is 0 Å². The van der Waals surface area contributed by atoms with Crippen molar-refractivity contribution in [3.8, 4) is 17.1 Å². The molecule has 5 rings (SSSR count). The molecule has 4 aromatic rings. The van der Waals surface area contributed by atoms with Crippen LogP contribution in [0.2, 0.25) is 0 Å². The summed E-state index contributed by atoms with van der Waals surface area (Å²) in [6.07, 6.45) is 7.40. The molecule has 31 heavy (non-hydrogen) atoms. The van der Waals surface area contributed by atoms with Crippen molar-refractivity contribution in [3.05, 3.63) is 78.4 Å². The van der Waals surface area contributed by atoms with Gasteiger partial charge in [0, 0.05) is 29.9 Å². The Labute approximate surface area is 178 Å². The molecule has 0 aliphatic carbocycles. The first-order valence-electron chi connectivity index (χ1n) is 10.3. The first-order chi connectivity index (χ1) is 15.2. The standard InChI is InChI=1S/C23H21FN6O/c24-17-8-10-19(11-9-17)30-15-25-14-20(30)23(31)26-18-6-4-5-16(13-18)22-28-27-21-7-2-1-3-12-29(21)22/h4-6,8-11,13-15H,1-3,7,12H2,(H,26,31). The topological polar surface area (TPSA) is 77.6 Å². The number of nitrogens with one attached hydrogen (secondary N) is 1. The molecule has 156 valence electrons. The van der Waals surface area contributed by atoms with Gasteiger partial charge in [-0.05, 0) is 49.2 Å². The molecule has 0 fully saturated rings. The average molecular weight is 416 g/mol. The minimum Gasteiger partial charge on any atom is -0.321 e. The van der Waals surface area contributed by atoms with E-state index in [1.54, 1.807) is 16.7 Å². The number of rotatable bonds is 4. The van der Waals surface area contributed by atoms with Gasteiger partial charge in [-0.25, -0.2) is 9.37 Å². The van der Waals surface area contributed by atoms with E-state index in [1.807, 2.05) is 24.3 Å². The Bertz CT molecular complexity index is 1230. The third-order valence-electron chi connectivity index (χ3n) is 5.46. The number of imidazole rings is 1. The Morgan fingerprint density at radius 1 is 1.03 bits per heavy atom. The highest BCUT2D eigenvalue weighted by atomic mass is 19.1. The number of anilines is 1. The van der Waals surface area contributed by atoms with E-state index in [9.17, 15) is 9.18 Å². The number of carbonyl (C=O) groups is 1. The molecule has 1 aliphatic rings. The molecule has 1 amide bonds. The molecule has 2 aromatic heterocycles. The van der Waals surface area contributed by atoms with Gasteiger partial charge in [0.15, 0.2) is 5.82 Å². The number of aryl methyl sites for hydroxylation is 1. The lowest BCUT2D eigenvalue weighted by Crippen LogP contribution is -2.16. The fourth-order valence-electron chi connectivity index (χ4n) is 3.90. The van der Waals surface area contributed by atoms with Crippen LogP contribution in [0.15, 0.2) is 61.1 Å². The van der Waals surface area contributed by atoms with Crippen LogP contribution in [0, 0.1) is 5.82 Å². The smallest absolute Gasteiger partial charge is 0.274 e. The molecule has 1 N–H and O–H groups in total. The molecule has 0 saturated carbocycles. The molecule has 0 radical (unpaired) electrons. The third kappa shape index (κ3) is 3.84. The van der Waals surface area contributed by atoms with Crippen molar-refractivity contribution in [2.24, 2.45) is 0 Å². The number of hydrogen-bond acceptors (Lipinski definition) is 4. The number of nitrogens with zero attached hydrogens (tertiary/aromatic N) is 5. The Kier molecular flexibility index (Phi) is 5.03. The summed E-state index contributed by atoms with van der Waals surface area (Å²) in [6.45, 7) is 0.908. The van der Waals surface area contributed by atoms with Gasteiger partial charge < -0.3 is 9.88 Å². The number of hydrogen-bond donors (Lipinski definition) is 1. The first kappa shape index (κ1) is 19.2. The SMILES string of the molecule is O=C(Nc1cccc(-c2nnc3n2CCCCC3)c1)c1cncn1-c1ccc(F)cc1. The van der Waals surface area contributed by atoms with Crippen LogP contribution in [0.3, 0.4) is 0 Å². The molecule has 2 aromatic carbocycles. The van der Waals surface area contributed by atoms with Crippen LogP contribution in [0.1, 0.15) is 35.6 Å². The van der Waals surface area contributed by atoms with E-state index in [0.717, 1.165) is 43.0 Å². The van der Waals surface area contributed by atoms with Gasteiger partial charge >= 0.3 is 0 Å². The highest BCUT2D eigenvalue weighted by Gasteiger charge is 2.17. The van der Waals surface area contributed by atoms with Crippen molar-refractivity contribution in [2.45, 2.75) is 32.2 Å². The zero-order valence-electron chi connectivity index (χ0n) is 16.8. The minimum atomic E-state index is -0.335. The molecule has 0 saturated heterocycles. The van der Waals surface area contributed by atoms with Crippen molar-refractivity contribution >= 4 is 11.6 Å². The molecule has 7 nitrogen and oxygen atoms in total. The summed E-state index contributed by atoms with van der Waals surface area (Å²) < 4.78 is 17.0. The normalized spacial score (nSPS) is 13.5. The number of amides is 1. The maximum Gasteiger partial charge on any atom is 0.274 e. The highest BCUT2D eigenvalue weighted by molar-refractivity contribution is 6.03. The Morgan fingerprint density at radius 2 is 1.90 bits per heavy atom. The van der Waals surface area contributed by atoms with Crippen LogP contribution in [-0.2, 0) is 13.0 Å². The second-order valence-corrected chi connectivity index (χ2v) is 7.56. The van der Waals surface area contributed by atoms with Crippen LogP contribution in [0.25, 0.3) is 17.1 Å². The molecule has 0 spiro atoms. The predicted molar refractivity (Wildman–Crippen MR) is 114 cm³/mol. The average Bonchev–Trinajstić information content (AvgIpc) is 3.36. The van der Waals surface area contributed by atoms with Crippen LogP contribution in [0.5, 0.6) is 0 Å². The molecule has 8 heteroatoms. The van der Waals surface area contributed by atoms with Gasteiger partial charge in [0.2, 0.25) is 0 Å². The van der Waals surface area contributed by atoms with Gasteiger partial charge in [-0.2, -0.15) is 0 Å². The van der Waals surface area contributed by atoms with Crippen molar-refractivity contribution in [2.75, 3.05) is 5.32 Å². The Balaban J connectivity index is 1.40. The summed E-state index contributed by atoms with van der Waals surface area (Å²) in [5.74, 6) is 1.20. The number of benzene rings is 2. The molecular weight excluding hydrogens is 395 g/mol. The van der Waals surface area contributed by atoms with Crippen LogP contribution in [0.4, 0.5) is 10.1 Å². The molecule has 3 heterocycles. The van der Waals surface area contributed by atoms with E-state index in [4.69, 9.17) is 0 Å². The number of halogens is 1. The number of aromatic nitrogens is 5. The molecule has 0 unspecified atom stereocenters. The van der Waals surface area contributed by atoms with Crippen molar-refractivity contribution in [1.29, 1.82) is 0 Å². The molecular formula is C23H21FN6O. The van der Waals surface area contributed by atoms with Gasteiger partial charge in [-0.3, -0.25) is 9.36 Å². The van der Waals surface area contributed by atoms with Gasteiger partial charge in [0.1, 0.15) is 17.3 Å². The maximum absolute atomic E-state index is 13.2. The highest BCUT2D eigenvalue weighted by Crippen LogP contribution is 2.25. The van der Waals surface area contributed by atoms with Crippen molar-refractivity contribution in [1.82, 2.24) is 24.3 Å². The second kappa shape index (κ2) is 8.14. The lowest BCUT2D eigenvalue weighted by atomic mass is 10.2. The summed E-state index contributed by atoms with van der Waals surface area (Å²) in [4.78, 5) is 17.0. The van der Waals surface area contributed by atoms with Gasteiger partial charge in [0.05, 0.1) is 12.5 Å². The van der Waals surface area contributed by atoms with Gasteiger partial charge in [-0.1, -0.05) is 18.6 Å². The van der Waals surface area contributed by atoms with Crippen molar-refractivity contribution < 1.29 is 9.18 Å². The van der Waals surface area contributed by atoms with E-state index >= 15 is 0 Å². The zero-order chi connectivity index (χ0) is 21.2. The van der Waals surface area contributed by atoms with E-state index in [2.05, 4.69) is 25.1 Å². The molecule has 0 bridgehead atoms. The second-order valence-electron chi connectivity index (χ2n) is 7.56. The summed E-state index contributed by atoms with van der Waals surface area (Å²) in [5, 5.41) is 11.7. The summed E-state index contributed by atoms with van der Waals surface area (Å²) >= 11 is 0. The van der Waals surface area contributed by atoms with E-state index in [0.29, 0.717) is 17.1 Å². The molecule has 1 aliphatic heterocycles. The summed E-state index contributed by atoms with van der Waals surface area (Å²) in [5.41, 5.74) is 2.57. The Morgan fingerprint density at radius 3 is 2.77 bits per heavy atom. The monoisotopic (exact) mass is 416 g/mol. The largest absolute Gasteiger partial charge is 0.321 e. The van der Waals surface area contributed by atoms with Gasteiger partial charge in [0.25, 0.3) is 5.91 Å². The van der Waals surface area contributed by atoms with Crippen LogP contribution in [-0.4, -0.2) is 30.2 Å². The van der Waals surface area contributed by atoms with Crippen LogP contribution < -0.4 is 5.32 Å². The fraction of sp³-hybridized carbons (Fsp3) is 0.217. The lowest BCUT2D eigenvalue weighted by Gasteiger charge is -2.11. The van der Waals surface area contributed by atoms with E-state index in [1.165, 1.54) is 31.1 Å². The summed E-state index contributed by atoms with van der Waals surface area (Å²) in [7, 11) is 0. The van der Waals surface area contributed by atoms with Crippen LogP contribution >= 0.6 is 0 Å². The van der Waals surface area contributed by atoms with Gasteiger partial charge in [-0.15, -0.1) is 10.2 Å². The van der Waals surface area contributed by atoms with E-state index in [-0.39, 0.29) is 11.7 Å². The summed E-state index contributed by atoms with van der Waals surface area (Å²) in [6, 6.07) is 13.5. The zero-order valence-corrected chi connectivity index (χ0v) is 16.8. The Hall–Kier alpha value is -3.81. The third-order valence-corrected chi connectivity index (χ3v) is 5.46. The minimum absolute atomic E-state index is 0.306. The lowest BCUT2D eigenvalue weighted by molar-refractivity contribution is 0.102.